The van der Waals surface area contributed by atoms with E-state index in [2.05, 4.69) is 9.71 Å². The standard InChI is InChI=1S/C20H16ClN3O3S/c1-13-10-14(2)23-20(11-13)24-28(25,26)16-8-6-15(7-9-16)27-19-5-3-4-18(21)17(19)12-22/h3-11H,1-2H3,(H,23,24). The average molecular weight is 414 g/mol. The van der Waals surface area contributed by atoms with Crippen molar-refractivity contribution in [2.45, 2.75) is 18.7 Å². The first-order chi connectivity index (χ1) is 13.3. The molecule has 6 nitrogen and oxygen atoms in total. The largest absolute Gasteiger partial charge is 0.456 e. The lowest BCUT2D eigenvalue weighted by Crippen LogP contribution is -2.14. The van der Waals surface area contributed by atoms with Gasteiger partial charge in [-0.1, -0.05) is 17.7 Å². The molecule has 3 aromatic rings. The maximum Gasteiger partial charge on any atom is 0.263 e. The molecule has 0 atom stereocenters. The minimum absolute atomic E-state index is 0.0624. The van der Waals surface area contributed by atoms with Gasteiger partial charge in [0.1, 0.15) is 28.9 Å². The van der Waals surface area contributed by atoms with Gasteiger partial charge in [0.2, 0.25) is 0 Å². The molecule has 1 aromatic heterocycles. The van der Waals surface area contributed by atoms with E-state index in [1.165, 1.54) is 24.3 Å². The molecule has 0 fully saturated rings. The van der Waals surface area contributed by atoms with Gasteiger partial charge in [-0.2, -0.15) is 5.26 Å². The SMILES string of the molecule is Cc1cc(C)nc(NS(=O)(=O)c2ccc(Oc3cccc(Cl)c3C#N)cc2)c1. The van der Waals surface area contributed by atoms with Crippen LogP contribution in [-0.4, -0.2) is 13.4 Å². The lowest BCUT2D eigenvalue weighted by atomic mass is 10.2. The molecule has 0 spiro atoms. The number of aromatic nitrogens is 1. The van der Waals surface area contributed by atoms with Crippen LogP contribution in [0.1, 0.15) is 16.8 Å². The van der Waals surface area contributed by atoms with Gasteiger partial charge in [-0.3, -0.25) is 4.72 Å². The Hall–Kier alpha value is -3.08. The van der Waals surface area contributed by atoms with Crippen molar-refractivity contribution in [1.29, 1.82) is 5.26 Å². The molecule has 2 aromatic carbocycles. The second-order valence-electron chi connectivity index (χ2n) is 6.07. The summed E-state index contributed by atoms with van der Waals surface area (Å²) < 4.78 is 33.3. The number of halogens is 1. The fourth-order valence-electron chi connectivity index (χ4n) is 2.60. The zero-order valence-corrected chi connectivity index (χ0v) is 16.7. The maximum absolute atomic E-state index is 12.6. The lowest BCUT2D eigenvalue weighted by molar-refractivity contribution is 0.480. The summed E-state index contributed by atoms with van der Waals surface area (Å²) in [7, 11) is -3.80. The third-order valence-corrected chi connectivity index (χ3v) is 5.47. The fraction of sp³-hybridized carbons (Fsp3) is 0.100. The second kappa shape index (κ2) is 7.89. The van der Waals surface area contributed by atoms with Crippen LogP contribution in [0.4, 0.5) is 5.82 Å². The molecule has 0 amide bonds. The summed E-state index contributed by atoms with van der Waals surface area (Å²) >= 11 is 5.98. The Morgan fingerprint density at radius 2 is 1.82 bits per heavy atom. The average Bonchev–Trinajstić information content (AvgIpc) is 2.61. The molecule has 1 N–H and O–H groups in total. The Kier molecular flexibility index (Phi) is 5.54. The van der Waals surface area contributed by atoms with Crippen molar-refractivity contribution in [2.24, 2.45) is 0 Å². The maximum atomic E-state index is 12.6. The van der Waals surface area contributed by atoms with Gasteiger partial charge in [0.05, 0.1) is 9.92 Å². The number of benzene rings is 2. The van der Waals surface area contributed by atoms with Crippen molar-refractivity contribution in [3.63, 3.8) is 0 Å². The number of nitrogens with one attached hydrogen (secondary N) is 1. The molecule has 28 heavy (non-hydrogen) atoms. The molecule has 0 saturated carbocycles. The van der Waals surface area contributed by atoms with Crippen LogP contribution in [0.2, 0.25) is 5.02 Å². The Bertz CT molecular complexity index is 1150. The van der Waals surface area contributed by atoms with Crippen LogP contribution >= 0.6 is 11.6 Å². The Morgan fingerprint density at radius 3 is 2.46 bits per heavy atom. The number of ether oxygens (including phenoxy) is 1. The number of nitrogens with zero attached hydrogens (tertiary/aromatic N) is 2. The number of anilines is 1. The van der Waals surface area contributed by atoms with Crippen LogP contribution in [0.25, 0.3) is 0 Å². The minimum atomic E-state index is -3.80. The van der Waals surface area contributed by atoms with Gasteiger partial charge in [-0.15, -0.1) is 0 Å². The third kappa shape index (κ3) is 4.42. The van der Waals surface area contributed by atoms with Crippen molar-refractivity contribution in [3.8, 4) is 17.6 Å². The minimum Gasteiger partial charge on any atom is -0.456 e. The van der Waals surface area contributed by atoms with Crippen molar-refractivity contribution in [2.75, 3.05) is 4.72 Å². The number of hydrogen-bond acceptors (Lipinski definition) is 5. The number of hydrogen-bond donors (Lipinski definition) is 1. The number of nitriles is 1. The number of rotatable bonds is 5. The van der Waals surface area contributed by atoms with Crippen LogP contribution in [0, 0.1) is 25.2 Å². The first-order valence-corrected chi connectivity index (χ1v) is 10.1. The molecule has 0 bridgehead atoms. The summed E-state index contributed by atoms with van der Waals surface area (Å²) in [6, 6.07) is 16.2. The lowest BCUT2D eigenvalue weighted by Gasteiger charge is -2.11. The molecule has 0 saturated heterocycles. The van der Waals surface area contributed by atoms with Gasteiger partial charge in [0.25, 0.3) is 10.0 Å². The van der Waals surface area contributed by atoms with Crippen LogP contribution in [0.5, 0.6) is 11.5 Å². The third-order valence-electron chi connectivity index (χ3n) is 3.79. The Balaban J connectivity index is 1.82. The molecule has 0 radical (unpaired) electrons. The molecule has 0 aliphatic carbocycles. The van der Waals surface area contributed by atoms with E-state index in [4.69, 9.17) is 16.3 Å². The van der Waals surface area contributed by atoms with E-state index in [0.717, 1.165) is 11.3 Å². The predicted octanol–water partition coefficient (Wildman–Crippen LogP) is 4.82. The molecular formula is C20H16ClN3O3S. The van der Waals surface area contributed by atoms with Crippen LogP contribution in [0.15, 0.2) is 59.5 Å². The van der Waals surface area contributed by atoms with Crippen molar-refractivity contribution < 1.29 is 13.2 Å². The summed E-state index contributed by atoms with van der Waals surface area (Å²) in [5.41, 5.74) is 1.84. The molecule has 0 unspecified atom stereocenters. The first-order valence-electron chi connectivity index (χ1n) is 8.23. The monoisotopic (exact) mass is 413 g/mol. The van der Waals surface area contributed by atoms with E-state index >= 15 is 0 Å². The highest BCUT2D eigenvalue weighted by Gasteiger charge is 2.16. The van der Waals surface area contributed by atoms with Crippen molar-refractivity contribution in [1.82, 2.24) is 4.98 Å². The number of aryl methyl sites for hydroxylation is 2. The molecule has 142 valence electrons. The van der Waals surface area contributed by atoms with Gasteiger partial charge in [-0.05, 0) is 67.9 Å². The van der Waals surface area contributed by atoms with E-state index in [1.54, 1.807) is 31.2 Å². The van der Waals surface area contributed by atoms with Crippen LogP contribution in [0.3, 0.4) is 0 Å². The van der Waals surface area contributed by atoms with Gasteiger partial charge in [0, 0.05) is 5.69 Å². The quantitative estimate of drug-likeness (QED) is 0.647. The van der Waals surface area contributed by atoms with E-state index in [-0.39, 0.29) is 21.3 Å². The fourth-order valence-corrected chi connectivity index (χ4v) is 3.80. The van der Waals surface area contributed by atoms with Crippen molar-refractivity contribution >= 4 is 27.4 Å². The zero-order chi connectivity index (χ0) is 20.3. The second-order valence-corrected chi connectivity index (χ2v) is 8.16. The summed E-state index contributed by atoms with van der Waals surface area (Å²) in [5.74, 6) is 0.931. The van der Waals surface area contributed by atoms with Gasteiger partial charge in [0.15, 0.2) is 0 Å². The van der Waals surface area contributed by atoms with E-state index in [1.807, 2.05) is 19.1 Å². The summed E-state index contributed by atoms with van der Waals surface area (Å²) in [6.07, 6.45) is 0. The highest BCUT2D eigenvalue weighted by molar-refractivity contribution is 7.92. The number of sulfonamides is 1. The summed E-state index contributed by atoms with van der Waals surface area (Å²) in [4.78, 5) is 4.25. The predicted molar refractivity (Wildman–Crippen MR) is 107 cm³/mol. The highest BCUT2D eigenvalue weighted by atomic mass is 35.5. The molecule has 0 aliphatic rings. The smallest absolute Gasteiger partial charge is 0.263 e. The number of pyridine rings is 1. The molecule has 1 heterocycles. The van der Waals surface area contributed by atoms with Gasteiger partial charge < -0.3 is 4.74 Å². The zero-order valence-electron chi connectivity index (χ0n) is 15.1. The summed E-state index contributed by atoms with van der Waals surface area (Å²) in [5, 5.41) is 9.48. The normalized spacial score (nSPS) is 10.9. The molecule has 8 heteroatoms. The highest BCUT2D eigenvalue weighted by Crippen LogP contribution is 2.30. The van der Waals surface area contributed by atoms with Crippen LogP contribution in [-0.2, 0) is 10.0 Å². The molecule has 0 aliphatic heterocycles. The van der Waals surface area contributed by atoms with Gasteiger partial charge in [-0.25, -0.2) is 13.4 Å². The molecule has 3 rings (SSSR count). The van der Waals surface area contributed by atoms with E-state index in [0.29, 0.717) is 11.5 Å². The van der Waals surface area contributed by atoms with Crippen LogP contribution < -0.4 is 9.46 Å². The Morgan fingerprint density at radius 1 is 1.11 bits per heavy atom. The van der Waals surface area contributed by atoms with E-state index < -0.39 is 10.0 Å². The summed E-state index contributed by atoms with van der Waals surface area (Å²) in [6.45, 7) is 3.66. The first kappa shape index (κ1) is 19.7. The van der Waals surface area contributed by atoms with Crippen molar-refractivity contribution in [3.05, 3.63) is 76.4 Å². The Labute approximate surface area is 168 Å². The van der Waals surface area contributed by atoms with E-state index in [9.17, 15) is 13.7 Å². The molecular weight excluding hydrogens is 398 g/mol. The van der Waals surface area contributed by atoms with Gasteiger partial charge >= 0.3 is 0 Å². The topological polar surface area (TPSA) is 92.1 Å².